The van der Waals surface area contributed by atoms with Gasteiger partial charge in [-0.05, 0) is 67.7 Å². The molecule has 0 radical (unpaired) electrons. The van der Waals surface area contributed by atoms with Crippen molar-refractivity contribution in [3.8, 4) is 0 Å². The second-order valence-corrected chi connectivity index (χ2v) is 11.4. The number of sulfonamides is 1. The van der Waals surface area contributed by atoms with Gasteiger partial charge in [0.25, 0.3) is 10.0 Å². The number of rotatable bonds is 5. The molecule has 2 aliphatic rings. The normalized spacial score (nSPS) is 20.6. The van der Waals surface area contributed by atoms with Crippen molar-refractivity contribution in [3.63, 3.8) is 0 Å². The smallest absolute Gasteiger partial charge is 0.261 e. The van der Waals surface area contributed by atoms with E-state index < -0.39 is 10.0 Å². The molecule has 4 rings (SSSR count). The number of carbonyl (C=O) groups excluding carboxylic acids is 1. The minimum absolute atomic E-state index is 0.0903. The molecule has 2 aromatic carbocycles. The number of nitrogens with zero attached hydrogens (tertiary/aromatic N) is 1. The molecule has 1 fully saturated rings. The molecule has 2 N–H and O–H groups in total. The first-order valence-electron chi connectivity index (χ1n) is 10.7. The number of hydrogen-bond donors (Lipinski definition) is 2. The van der Waals surface area contributed by atoms with Gasteiger partial charge >= 0.3 is 0 Å². The van der Waals surface area contributed by atoms with Crippen molar-refractivity contribution in [2.75, 3.05) is 28.9 Å². The van der Waals surface area contributed by atoms with E-state index in [9.17, 15) is 13.2 Å². The van der Waals surface area contributed by atoms with Crippen LogP contribution in [0.3, 0.4) is 0 Å². The van der Waals surface area contributed by atoms with Crippen molar-refractivity contribution in [2.45, 2.75) is 43.0 Å². The summed E-state index contributed by atoms with van der Waals surface area (Å²) in [6.45, 7) is 7.28. The molecule has 1 saturated heterocycles. The maximum Gasteiger partial charge on any atom is 0.261 e. The summed E-state index contributed by atoms with van der Waals surface area (Å²) in [4.78, 5) is 15.6. The maximum absolute atomic E-state index is 12.9. The van der Waals surface area contributed by atoms with Crippen LogP contribution in [0.25, 0.3) is 0 Å². The van der Waals surface area contributed by atoms with E-state index in [4.69, 9.17) is 0 Å². The average molecular weight is 460 g/mol. The maximum atomic E-state index is 12.9. The number of anilines is 2. The Bertz CT molecular complexity index is 1050. The van der Waals surface area contributed by atoms with Crippen molar-refractivity contribution in [3.05, 3.63) is 48.0 Å². The number of amides is 1. The molecule has 2 aromatic rings. The van der Waals surface area contributed by atoms with E-state index in [-0.39, 0.29) is 16.7 Å². The van der Waals surface area contributed by atoms with E-state index in [2.05, 4.69) is 21.9 Å². The van der Waals surface area contributed by atoms with Crippen LogP contribution in [0.2, 0.25) is 0 Å². The highest BCUT2D eigenvalue weighted by Crippen LogP contribution is 2.34. The summed E-state index contributed by atoms with van der Waals surface area (Å²) in [5, 5.41) is 2.84. The van der Waals surface area contributed by atoms with Crippen LogP contribution in [0.4, 0.5) is 11.4 Å². The van der Waals surface area contributed by atoms with Crippen LogP contribution in [-0.4, -0.2) is 38.1 Å². The molecule has 2 aliphatic heterocycles. The van der Waals surface area contributed by atoms with Crippen LogP contribution in [-0.2, 0) is 21.4 Å². The summed E-state index contributed by atoms with van der Waals surface area (Å²) in [6.07, 6.45) is 2.47. The standard InChI is InChI=1S/C23H29N3O3S2/c1-16-9-11-26(12-10-16)14-18-3-5-19(6-4-18)25-31(28,29)20-7-8-22-21(13-20)24-23(27)17(2)15-30-22/h3-8,13,16-17,25H,9-12,14-15H2,1-2H3,(H,24,27)/t17-/m0/s1. The molecule has 1 atom stereocenters. The fraction of sp³-hybridized carbons (Fsp3) is 0.435. The van der Waals surface area contributed by atoms with Crippen molar-refractivity contribution in [2.24, 2.45) is 11.8 Å². The van der Waals surface area contributed by atoms with Crippen molar-refractivity contribution in [1.29, 1.82) is 0 Å². The fourth-order valence-corrected chi connectivity index (χ4v) is 5.91. The van der Waals surface area contributed by atoms with Crippen LogP contribution in [0.5, 0.6) is 0 Å². The first-order valence-corrected chi connectivity index (χ1v) is 13.2. The third-order valence-electron chi connectivity index (χ3n) is 5.94. The minimum atomic E-state index is -3.76. The number of benzene rings is 2. The number of fused-ring (bicyclic) bond motifs is 1. The molecule has 6 nitrogen and oxygen atoms in total. The molecule has 0 aromatic heterocycles. The lowest BCUT2D eigenvalue weighted by molar-refractivity contribution is -0.118. The van der Waals surface area contributed by atoms with Crippen LogP contribution < -0.4 is 10.0 Å². The van der Waals surface area contributed by atoms with E-state index >= 15 is 0 Å². The van der Waals surface area contributed by atoms with Crippen LogP contribution in [0.15, 0.2) is 52.3 Å². The van der Waals surface area contributed by atoms with Gasteiger partial charge in [-0.3, -0.25) is 14.4 Å². The van der Waals surface area contributed by atoms with E-state index in [0.29, 0.717) is 17.1 Å². The van der Waals surface area contributed by atoms with E-state index in [1.165, 1.54) is 24.5 Å². The Morgan fingerprint density at radius 2 is 1.81 bits per heavy atom. The Kier molecular flexibility index (Phi) is 6.60. The molecule has 31 heavy (non-hydrogen) atoms. The van der Waals surface area contributed by atoms with Crippen LogP contribution in [0.1, 0.15) is 32.3 Å². The van der Waals surface area contributed by atoms with Gasteiger partial charge in [0.05, 0.1) is 10.6 Å². The second kappa shape index (κ2) is 9.22. The molecule has 0 unspecified atom stereocenters. The van der Waals surface area contributed by atoms with Gasteiger partial charge in [0, 0.05) is 28.8 Å². The zero-order valence-corrected chi connectivity index (χ0v) is 19.6. The lowest BCUT2D eigenvalue weighted by Gasteiger charge is -2.30. The highest BCUT2D eigenvalue weighted by molar-refractivity contribution is 7.99. The number of thioether (sulfide) groups is 1. The van der Waals surface area contributed by atoms with Crippen LogP contribution >= 0.6 is 11.8 Å². The number of nitrogens with one attached hydrogen (secondary N) is 2. The number of piperidine rings is 1. The van der Waals surface area contributed by atoms with Crippen molar-refractivity contribution in [1.82, 2.24) is 4.90 Å². The molecule has 2 heterocycles. The molecule has 0 aliphatic carbocycles. The quantitative estimate of drug-likeness (QED) is 0.693. The molecule has 0 saturated carbocycles. The SMILES string of the molecule is CC1CCN(Cc2ccc(NS(=O)(=O)c3ccc4c(c3)NC(=O)[C@@H](C)CS4)cc2)CC1. The lowest BCUT2D eigenvalue weighted by atomic mass is 9.99. The largest absolute Gasteiger partial charge is 0.325 e. The van der Waals surface area contributed by atoms with Gasteiger partial charge in [-0.1, -0.05) is 26.0 Å². The third kappa shape index (κ3) is 5.42. The topological polar surface area (TPSA) is 78.5 Å². The zero-order valence-electron chi connectivity index (χ0n) is 17.9. The second-order valence-electron chi connectivity index (χ2n) is 8.62. The van der Waals surface area contributed by atoms with Gasteiger partial charge in [0.15, 0.2) is 0 Å². The number of carbonyl (C=O) groups is 1. The summed E-state index contributed by atoms with van der Waals surface area (Å²) >= 11 is 1.56. The highest BCUT2D eigenvalue weighted by atomic mass is 32.2. The Balaban J connectivity index is 1.44. The minimum Gasteiger partial charge on any atom is -0.325 e. The molecule has 1 amide bonds. The molecule has 8 heteroatoms. The molecule has 0 spiro atoms. The Hall–Kier alpha value is -2.03. The molecule has 166 valence electrons. The van der Waals surface area contributed by atoms with Gasteiger partial charge in [0.2, 0.25) is 5.91 Å². The molecular weight excluding hydrogens is 430 g/mol. The van der Waals surface area contributed by atoms with Gasteiger partial charge < -0.3 is 5.32 Å². The van der Waals surface area contributed by atoms with Gasteiger partial charge in [0.1, 0.15) is 0 Å². The Morgan fingerprint density at radius 1 is 1.10 bits per heavy atom. The summed E-state index contributed by atoms with van der Waals surface area (Å²) in [7, 11) is -3.76. The monoisotopic (exact) mass is 459 g/mol. The van der Waals surface area contributed by atoms with Crippen LogP contribution in [0, 0.1) is 11.8 Å². The molecule has 0 bridgehead atoms. The summed E-state index contributed by atoms with van der Waals surface area (Å²) in [6, 6.07) is 12.4. The summed E-state index contributed by atoms with van der Waals surface area (Å²) < 4.78 is 28.5. The Labute approximate surface area is 188 Å². The Morgan fingerprint density at radius 3 is 2.52 bits per heavy atom. The average Bonchev–Trinajstić information content (AvgIpc) is 2.89. The van der Waals surface area contributed by atoms with Gasteiger partial charge in [-0.15, -0.1) is 11.8 Å². The van der Waals surface area contributed by atoms with E-state index in [1.807, 2.05) is 31.2 Å². The van der Waals surface area contributed by atoms with E-state index in [0.717, 1.165) is 30.4 Å². The summed E-state index contributed by atoms with van der Waals surface area (Å²) in [5.74, 6) is 1.26. The zero-order chi connectivity index (χ0) is 22.0. The summed E-state index contributed by atoms with van der Waals surface area (Å²) in [5.41, 5.74) is 2.25. The predicted molar refractivity (Wildman–Crippen MR) is 126 cm³/mol. The first kappa shape index (κ1) is 22.2. The number of likely N-dealkylation sites (tertiary alicyclic amines) is 1. The third-order valence-corrected chi connectivity index (χ3v) is 8.66. The van der Waals surface area contributed by atoms with E-state index in [1.54, 1.807) is 23.9 Å². The highest BCUT2D eigenvalue weighted by Gasteiger charge is 2.23. The van der Waals surface area contributed by atoms with Crippen molar-refractivity contribution < 1.29 is 13.2 Å². The fourth-order valence-electron chi connectivity index (χ4n) is 3.82. The van der Waals surface area contributed by atoms with Gasteiger partial charge in [-0.25, -0.2) is 8.42 Å². The number of hydrogen-bond acceptors (Lipinski definition) is 5. The van der Waals surface area contributed by atoms with Crippen molar-refractivity contribution >= 4 is 39.1 Å². The first-order chi connectivity index (χ1) is 14.8. The van der Waals surface area contributed by atoms with Gasteiger partial charge in [-0.2, -0.15) is 0 Å². The lowest BCUT2D eigenvalue weighted by Crippen LogP contribution is -2.32. The predicted octanol–water partition coefficient (Wildman–Crippen LogP) is 4.40. The molecular formula is C23H29N3O3S2.